The Morgan fingerprint density at radius 3 is 1.97 bits per heavy atom. The molecule has 0 spiro atoms. The topological polar surface area (TPSA) is 9.23 Å². The molecule has 1 atom stereocenters. The first-order valence-corrected chi connectivity index (χ1v) is 12.3. The summed E-state index contributed by atoms with van der Waals surface area (Å²) in [6, 6.07) is 6.52. The van der Waals surface area contributed by atoms with Crippen molar-refractivity contribution in [3.63, 3.8) is 0 Å². The van der Waals surface area contributed by atoms with Gasteiger partial charge in [-0.3, -0.25) is 0 Å². The van der Waals surface area contributed by atoms with Gasteiger partial charge in [0.2, 0.25) is 0 Å². The second kappa shape index (κ2) is 11.6. The Hall–Kier alpha value is -1.26. The van der Waals surface area contributed by atoms with Crippen molar-refractivity contribution in [1.29, 1.82) is 0 Å². The van der Waals surface area contributed by atoms with Gasteiger partial charge in [-0.25, -0.2) is 0 Å². The fourth-order valence-electron chi connectivity index (χ4n) is 5.74. The monoisotopic (exact) mass is 442 g/mol. The summed E-state index contributed by atoms with van der Waals surface area (Å²) in [5.41, 5.74) is 1.13. The molecule has 0 aliphatic heterocycles. The van der Waals surface area contributed by atoms with Crippen LogP contribution in [0.25, 0.3) is 0 Å². The molecule has 0 radical (unpaired) electrons. The van der Waals surface area contributed by atoms with E-state index in [1.807, 2.05) is 0 Å². The van der Waals surface area contributed by atoms with Crippen LogP contribution >= 0.6 is 0 Å². The summed E-state index contributed by atoms with van der Waals surface area (Å²) < 4.78 is 54.3. The normalized spacial score (nSPS) is 28.3. The van der Waals surface area contributed by atoms with E-state index in [1.165, 1.54) is 82.8 Å². The van der Waals surface area contributed by atoms with Crippen molar-refractivity contribution in [2.45, 2.75) is 109 Å². The molecule has 0 aromatic heterocycles. The zero-order chi connectivity index (χ0) is 22.3. The van der Waals surface area contributed by atoms with E-state index in [4.69, 9.17) is 0 Å². The SMILES string of the molecule is CCCCCCC1CCC(C2CCC(c3ccc(OC(F)C(F)(F)F)cc3)CC2)CC1. The van der Waals surface area contributed by atoms with Crippen LogP contribution in [0.2, 0.25) is 0 Å². The summed E-state index contributed by atoms with van der Waals surface area (Å²) >= 11 is 0. The number of halogens is 4. The van der Waals surface area contributed by atoms with E-state index >= 15 is 0 Å². The standard InChI is InChI=1S/C26H38F4O/c1-2-3-4-5-6-19-7-9-20(10-8-19)21-11-13-22(14-12-21)23-15-17-24(18-16-23)31-25(27)26(28,29)30/h15-22,25H,2-14H2,1H3. The number of ether oxygens (including phenoxy) is 1. The van der Waals surface area contributed by atoms with Gasteiger partial charge in [0.05, 0.1) is 0 Å². The fraction of sp³-hybridized carbons (Fsp3) is 0.769. The number of alkyl halides is 4. The van der Waals surface area contributed by atoms with Crippen molar-refractivity contribution >= 4 is 0 Å². The number of rotatable bonds is 9. The Morgan fingerprint density at radius 1 is 0.839 bits per heavy atom. The molecule has 176 valence electrons. The molecule has 1 aromatic rings. The number of hydrogen-bond acceptors (Lipinski definition) is 1. The van der Waals surface area contributed by atoms with Gasteiger partial charge in [0.25, 0.3) is 0 Å². The molecule has 2 aliphatic carbocycles. The van der Waals surface area contributed by atoms with Gasteiger partial charge in [-0.2, -0.15) is 17.6 Å². The van der Waals surface area contributed by atoms with Gasteiger partial charge < -0.3 is 4.74 Å². The Balaban J connectivity index is 1.39. The summed E-state index contributed by atoms with van der Waals surface area (Å²) in [7, 11) is 0. The van der Waals surface area contributed by atoms with Gasteiger partial charge in [-0.05, 0) is 79.9 Å². The highest BCUT2D eigenvalue weighted by Crippen LogP contribution is 2.44. The number of benzene rings is 1. The third-order valence-corrected chi connectivity index (χ3v) is 7.64. The van der Waals surface area contributed by atoms with Gasteiger partial charge in [0.1, 0.15) is 5.75 Å². The minimum atomic E-state index is -4.99. The highest BCUT2D eigenvalue weighted by atomic mass is 19.4. The van der Waals surface area contributed by atoms with Crippen LogP contribution in [0.4, 0.5) is 17.6 Å². The summed E-state index contributed by atoms with van der Waals surface area (Å²) in [4.78, 5) is 0. The van der Waals surface area contributed by atoms with Crippen LogP contribution in [-0.2, 0) is 0 Å². The van der Waals surface area contributed by atoms with Crippen LogP contribution in [0, 0.1) is 17.8 Å². The van der Waals surface area contributed by atoms with Gasteiger partial charge in [0, 0.05) is 0 Å². The van der Waals surface area contributed by atoms with Crippen molar-refractivity contribution in [3.8, 4) is 5.75 Å². The summed E-state index contributed by atoms with van der Waals surface area (Å²) in [5, 5.41) is 0. The zero-order valence-corrected chi connectivity index (χ0v) is 18.8. The molecule has 3 rings (SSSR count). The van der Waals surface area contributed by atoms with E-state index in [2.05, 4.69) is 11.7 Å². The zero-order valence-electron chi connectivity index (χ0n) is 18.8. The lowest BCUT2D eigenvalue weighted by Gasteiger charge is -2.38. The van der Waals surface area contributed by atoms with E-state index in [0.29, 0.717) is 5.92 Å². The average molecular weight is 443 g/mol. The molecular formula is C26H38F4O. The van der Waals surface area contributed by atoms with E-state index in [-0.39, 0.29) is 5.75 Å². The van der Waals surface area contributed by atoms with Crippen LogP contribution in [-0.4, -0.2) is 12.5 Å². The minimum Gasteiger partial charge on any atom is -0.452 e. The lowest BCUT2D eigenvalue weighted by atomic mass is 9.68. The van der Waals surface area contributed by atoms with Gasteiger partial charge in [0.15, 0.2) is 0 Å². The maximum absolute atomic E-state index is 13.0. The Bertz CT molecular complexity index is 626. The predicted octanol–water partition coefficient (Wildman–Crippen LogP) is 8.97. The van der Waals surface area contributed by atoms with Crippen molar-refractivity contribution in [2.75, 3.05) is 0 Å². The average Bonchev–Trinajstić information content (AvgIpc) is 2.77. The minimum absolute atomic E-state index is 0.0753. The molecule has 2 fully saturated rings. The molecule has 5 heteroatoms. The lowest BCUT2D eigenvalue weighted by molar-refractivity contribution is -0.236. The van der Waals surface area contributed by atoms with Crippen LogP contribution in [0.1, 0.15) is 102 Å². The molecule has 2 saturated carbocycles. The van der Waals surface area contributed by atoms with Gasteiger partial charge >= 0.3 is 12.5 Å². The van der Waals surface area contributed by atoms with Crippen LogP contribution < -0.4 is 4.74 Å². The molecule has 0 saturated heterocycles. The van der Waals surface area contributed by atoms with Crippen molar-refractivity contribution in [2.24, 2.45) is 17.8 Å². The quantitative estimate of drug-likeness (QED) is 0.274. The maximum atomic E-state index is 13.0. The highest BCUT2D eigenvalue weighted by molar-refractivity contribution is 5.30. The highest BCUT2D eigenvalue weighted by Gasteiger charge is 2.42. The van der Waals surface area contributed by atoms with Gasteiger partial charge in [-0.15, -0.1) is 0 Å². The van der Waals surface area contributed by atoms with E-state index in [9.17, 15) is 17.6 Å². The second-order valence-electron chi connectivity index (χ2n) is 9.79. The lowest BCUT2D eigenvalue weighted by Crippen LogP contribution is -2.29. The van der Waals surface area contributed by atoms with Crippen LogP contribution in [0.3, 0.4) is 0 Å². The number of unbranched alkanes of at least 4 members (excludes halogenated alkanes) is 3. The molecular weight excluding hydrogens is 404 g/mol. The predicted molar refractivity (Wildman–Crippen MR) is 117 cm³/mol. The smallest absolute Gasteiger partial charge is 0.452 e. The molecule has 0 amide bonds. The van der Waals surface area contributed by atoms with Crippen LogP contribution in [0.5, 0.6) is 5.75 Å². The molecule has 31 heavy (non-hydrogen) atoms. The maximum Gasteiger partial charge on any atom is 0.457 e. The third kappa shape index (κ3) is 7.39. The first-order valence-electron chi connectivity index (χ1n) is 12.3. The second-order valence-corrected chi connectivity index (χ2v) is 9.79. The Labute approximate surface area is 184 Å². The molecule has 1 aromatic carbocycles. The molecule has 1 unspecified atom stereocenters. The molecule has 1 nitrogen and oxygen atoms in total. The summed E-state index contributed by atoms with van der Waals surface area (Å²) in [6.45, 7) is 2.27. The van der Waals surface area contributed by atoms with E-state index < -0.39 is 12.5 Å². The third-order valence-electron chi connectivity index (χ3n) is 7.64. The summed E-state index contributed by atoms with van der Waals surface area (Å²) in [5.74, 6) is 3.04. The fourth-order valence-corrected chi connectivity index (χ4v) is 5.74. The van der Waals surface area contributed by atoms with E-state index in [1.54, 1.807) is 12.1 Å². The summed E-state index contributed by atoms with van der Waals surface area (Å²) in [6.07, 6.45) is 8.99. The molecule has 0 heterocycles. The Kier molecular flexibility index (Phi) is 9.09. The molecule has 0 N–H and O–H groups in total. The molecule has 2 aliphatic rings. The van der Waals surface area contributed by atoms with Gasteiger partial charge in [-0.1, -0.05) is 64.0 Å². The van der Waals surface area contributed by atoms with Crippen molar-refractivity contribution in [3.05, 3.63) is 29.8 Å². The van der Waals surface area contributed by atoms with Crippen LogP contribution in [0.15, 0.2) is 24.3 Å². The largest absolute Gasteiger partial charge is 0.457 e. The van der Waals surface area contributed by atoms with Crippen molar-refractivity contribution < 1.29 is 22.3 Å². The van der Waals surface area contributed by atoms with Crippen molar-refractivity contribution in [1.82, 2.24) is 0 Å². The number of hydrogen-bond donors (Lipinski definition) is 0. The molecule has 0 bridgehead atoms. The first-order chi connectivity index (χ1) is 14.9. The Morgan fingerprint density at radius 2 is 1.42 bits per heavy atom. The first kappa shape index (κ1) is 24.4. The van der Waals surface area contributed by atoms with E-state index in [0.717, 1.165) is 36.2 Å².